The number of carbonyl (C=O) groups is 1. The van der Waals surface area contributed by atoms with Crippen molar-refractivity contribution < 1.29 is 9.90 Å². The van der Waals surface area contributed by atoms with Crippen molar-refractivity contribution in [3.05, 3.63) is 23.5 Å². The largest absolute Gasteiger partial charge is 0.397 e. The van der Waals surface area contributed by atoms with Crippen LogP contribution in [0.2, 0.25) is 0 Å². The molecular weight excluding hydrogens is 206 g/mol. The fourth-order valence-electron chi connectivity index (χ4n) is 1.27. The van der Waals surface area contributed by atoms with Gasteiger partial charge in [-0.3, -0.25) is 9.78 Å². The first-order valence-corrected chi connectivity index (χ1v) is 5.19. The van der Waals surface area contributed by atoms with E-state index in [1.807, 2.05) is 0 Å². The number of nitrogens with two attached hydrogens (primary N) is 1. The molecule has 1 atom stereocenters. The van der Waals surface area contributed by atoms with E-state index in [9.17, 15) is 4.79 Å². The Labute approximate surface area is 94.7 Å². The zero-order chi connectivity index (χ0) is 12.1. The van der Waals surface area contributed by atoms with Crippen molar-refractivity contribution in [3.8, 4) is 0 Å². The second-order valence-corrected chi connectivity index (χ2v) is 3.80. The second-order valence-electron chi connectivity index (χ2n) is 3.80. The number of nitrogen functional groups attached to an aromatic ring is 1. The maximum absolute atomic E-state index is 11.7. The number of anilines is 1. The molecule has 1 heterocycles. The van der Waals surface area contributed by atoms with Crippen LogP contribution in [0.15, 0.2) is 12.3 Å². The fourth-order valence-corrected chi connectivity index (χ4v) is 1.27. The summed E-state index contributed by atoms with van der Waals surface area (Å²) in [6.07, 6.45) is 1.63. The number of carbonyl (C=O) groups excluding carboxylic acids is 1. The van der Waals surface area contributed by atoms with E-state index in [0.29, 0.717) is 29.9 Å². The van der Waals surface area contributed by atoms with E-state index < -0.39 is 6.10 Å². The lowest BCUT2D eigenvalue weighted by molar-refractivity contribution is 0.0944. The van der Waals surface area contributed by atoms with Crippen molar-refractivity contribution in [2.24, 2.45) is 0 Å². The summed E-state index contributed by atoms with van der Waals surface area (Å²) >= 11 is 0. The standard InChI is InChI=1S/C11H17N3O2/c1-7(15)3-4-13-11(16)10-5-9(12)6-14-8(10)2/h5-7,15H,3-4,12H2,1-2H3,(H,13,16). The first kappa shape index (κ1) is 12.4. The van der Waals surface area contributed by atoms with E-state index in [2.05, 4.69) is 10.3 Å². The monoisotopic (exact) mass is 223 g/mol. The van der Waals surface area contributed by atoms with Crippen molar-refractivity contribution in [2.75, 3.05) is 12.3 Å². The molecule has 0 spiro atoms. The van der Waals surface area contributed by atoms with E-state index in [-0.39, 0.29) is 5.91 Å². The number of amides is 1. The molecule has 0 aliphatic heterocycles. The van der Waals surface area contributed by atoms with Crippen LogP contribution in [-0.4, -0.2) is 28.6 Å². The molecule has 1 amide bonds. The number of aromatic nitrogens is 1. The Morgan fingerprint density at radius 3 is 3.00 bits per heavy atom. The van der Waals surface area contributed by atoms with E-state index in [1.165, 1.54) is 6.20 Å². The quantitative estimate of drug-likeness (QED) is 0.692. The minimum Gasteiger partial charge on any atom is -0.397 e. The summed E-state index contributed by atoms with van der Waals surface area (Å²) in [6.45, 7) is 3.87. The van der Waals surface area contributed by atoms with Gasteiger partial charge in [0.1, 0.15) is 0 Å². The molecule has 0 fully saturated rings. The van der Waals surface area contributed by atoms with Crippen LogP contribution < -0.4 is 11.1 Å². The highest BCUT2D eigenvalue weighted by Gasteiger charge is 2.10. The van der Waals surface area contributed by atoms with Gasteiger partial charge >= 0.3 is 0 Å². The van der Waals surface area contributed by atoms with Gasteiger partial charge in [-0.1, -0.05) is 0 Å². The molecule has 0 bridgehead atoms. The lowest BCUT2D eigenvalue weighted by Crippen LogP contribution is -2.27. The molecule has 1 unspecified atom stereocenters. The predicted octanol–water partition coefficient (Wildman–Crippen LogP) is 0.473. The molecule has 1 rings (SSSR count). The Kier molecular flexibility index (Phi) is 4.25. The number of hydrogen-bond donors (Lipinski definition) is 3. The smallest absolute Gasteiger partial charge is 0.253 e. The van der Waals surface area contributed by atoms with Gasteiger partial charge in [-0.25, -0.2) is 0 Å². The lowest BCUT2D eigenvalue weighted by atomic mass is 10.1. The highest BCUT2D eigenvalue weighted by Crippen LogP contribution is 2.09. The molecule has 16 heavy (non-hydrogen) atoms. The maximum Gasteiger partial charge on any atom is 0.253 e. The molecule has 5 nitrogen and oxygen atoms in total. The SMILES string of the molecule is Cc1ncc(N)cc1C(=O)NCCC(C)O. The van der Waals surface area contributed by atoms with Crippen LogP contribution in [0, 0.1) is 6.92 Å². The van der Waals surface area contributed by atoms with Crippen LogP contribution in [0.3, 0.4) is 0 Å². The normalized spacial score (nSPS) is 12.2. The van der Waals surface area contributed by atoms with Crippen LogP contribution in [0.1, 0.15) is 29.4 Å². The highest BCUT2D eigenvalue weighted by molar-refractivity contribution is 5.95. The summed E-state index contributed by atoms with van der Waals surface area (Å²) in [5.41, 5.74) is 7.14. The first-order chi connectivity index (χ1) is 7.50. The van der Waals surface area contributed by atoms with E-state index in [4.69, 9.17) is 10.8 Å². The van der Waals surface area contributed by atoms with E-state index in [1.54, 1.807) is 19.9 Å². The number of pyridine rings is 1. The van der Waals surface area contributed by atoms with Crippen LogP contribution in [0.5, 0.6) is 0 Å². The van der Waals surface area contributed by atoms with Crippen molar-refractivity contribution in [3.63, 3.8) is 0 Å². The summed E-state index contributed by atoms with van der Waals surface area (Å²) in [5.74, 6) is -0.210. The maximum atomic E-state index is 11.7. The number of aliphatic hydroxyl groups excluding tert-OH is 1. The van der Waals surface area contributed by atoms with Crippen molar-refractivity contribution in [1.29, 1.82) is 0 Å². The van der Waals surface area contributed by atoms with Gasteiger partial charge in [0.05, 0.1) is 29.2 Å². The van der Waals surface area contributed by atoms with Gasteiger partial charge in [-0.05, 0) is 26.3 Å². The van der Waals surface area contributed by atoms with Crippen molar-refractivity contribution >= 4 is 11.6 Å². The average molecular weight is 223 g/mol. The Balaban J connectivity index is 2.62. The third-order valence-corrected chi connectivity index (χ3v) is 2.20. The molecule has 88 valence electrons. The van der Waals surface area contributed by atoms with Gasteiger partial charge < -0.3 is 16.2 Å². The van der Waals surface area contributed by atoms with Crippen LogP contribution >= 0.6 is 0 Å². The average Bonchev–Trinajstić information content (AvgIpc) is 2.21. The number of nitrogens with one attached hydrogen (secondary N) is 1. The molecule has 4 N–H and O–H groups in total. The van der Waals surface area contributed by atoms with Crippen molar-refractivity contribution in [2.45, 2.75) is 26.4 Å². The van der Waals surface area contributed by atoms with Gasteiger partial charge in [0.25, 0.3) is 5.91 Å². The van der Waals surface area contributed by atoms with Gasteiger partial charge in [0, 0.05) is 6.54 Å². The summed E-state index contributed by atoms with van der Waals surface area (Å²) in [6, 6.07) is 1.60. The third kappa shape index (κ3) is 3.51. The number of nitrogens with zero attached hydrogens (tertiary/aromatic N) is 1. The number of rotatable bonds is 4. The van der Waals surface area contributed by atoms with E-state index in [0.717, 1.165) is 0 Å². The minimum atomic E-state index is -0.416. The summed E-state index contributed by atoms with van der Waals surface area (Å²) in [4.78, 5) is 15.7. The molecule has 0 aliphatic carbocycles. The van der Waals surface area contributed by atoms with Crippen LogP contribution in [-0.2, 0) is 0 Å². The Bertz CT molecular complexity index is 377. The molecule has 1 aromatic rings. The molecule has 0 radical (unpaired) electrons. The third-order valence-electron chi connectivity index (χ3n) is 2.20. The van der Waals surface area contributed by atoms with E-state index >= 15 is 0 Å². The molecule has 1 aromatic heterocycles. The molecule has 0 saturated heterocycles. The molecular formula is C11H17N3O2. The summed E-state index contributed by atoms with van der Waals surface area (Å²) < 4.78 is 0. The van der Waals surface area contributed by atoms with Crippen molar-refractivity contribution in [1.82, 2.24) is 10.3 Å². The lowest BCUT2D eigenvalue weighted by Gasteiger charge is -2.08. The number of aliphatic hydroxyl groups is 1. The molecule has 0 aliphatic rings. The van der Waals surface area contributed by atoms with Gasteiger partial charge in [0.15, 0.2) is 0 Å². The predicted molar refractivity (Wildman–Crippen MR) is 62.0 cm³/mol. The van der Waals surface area contributed by atoms with Gasteiger partial charge in [-0.2, -0.15) is 0 Å². The zero-order valence-electron chi connectivity index (χ0n) is 9.53. The summed E-state index contributed by atoms with van der Waals surface area (Å²) in [5, 5.41) is 11.8. The minimum absolute atomic E-state index is 0.210. The van der Waals surface area contributed by atoms with Gasteiger partial charge in [-0.15, -0.1) is 0 Å². The second kappa shape index (κ2) is 5.46. The van der Waals surface area contributed by atoms with Gasteiger partial charge in [0.2, 0.25) is 0 Å². The Hall–Kier alpha value is -1.62. The highest BCUT2D eigenvalue weighted by atomic mass is 16.3. The topological polar surface area (TPSA) is 88.2 Å². The number of aryl methyl sites for hydroxylation is 1. The Morgan fingerprint density at radius 1 is 1.69 bits per heavy atom. The molecule has 0 saturated carbocycles. The number of hydrogen-bond acceptors (Lipinski definition) is 4. The molecule has 0 aromatic carbocycles. The van der Waals surface area contributed by atoms with Crippen LogP contribution in [0.4, 0.5) is 5.69 Å². The molecule has 5 heteroatoms. The zero-order valence-corrected chi connectivity index (χ0v) is 9.53. The Morgan fingerprint density at radius 2 is 2.38 bits per heavy atom. The van der Waals surface area contributed by atoms with Crippen LogP contribution in [0.25, 0.3) is 0 Å². The fraction of sp³-hybridized carbons (Fsp3) is 0.455. The summed E-state index contributed by atoms with van der Waals surface area (Å²) in [7, 11) is 0. The first-order valence-electron chi connectivity index (χ1n) is 5.19.